The summed E-state index contributed by atoms with van der Waals surface area (Å²) in [6, 6.07) is 34.4. The minimum absolute atomic E-state index is 0.186. The molecular weight excluding hydrogens is 488 g/mol. The van der Waals surface area contributed by atoms with Gasteiger partial charge in [0.05, 0.1) is 27.3 Å². The molecular formula is C29H19ClN4OS. The van der Waals surface area contributed by atoms with Gasteiger partial charge in [0.2, 0.25) is 0 Å². The highest BCUT2D eigenvalue weighted by Crippen LogP contribution is 2.40. The molecule has 0 bridgehead atoms. The maximum atomic E-state index is 13.9. The largest absolute Gasteiger partial charge is 0.332 e. The number of halogens is 1. The van der Waals surface area contributed by atoms with E-state index in [1.807, 2.05) is 97.1 Å². The monoisotopic (exact) mass is 506 g/mol. The van der Waals surface area contributed by atoms with E-state index in [4.69, 9.17) is 21.6 Å². The molecule has 5 nitrogen and oxygen atoms in total. The molecule has 4 aromatic carbocycles. The van der Waals surface area contributed by atoms with Crippen molar-refractivity contribution in [1.82, 2.24) is 14.5 Å². The third-order valence-electron chi connectivity index (χ3n) is 5.77. The van der Waals surface area contributed by atoms with Gasteiger partial charge in [0.1, 0.15) is 4.88 Å². The zero-order valence-corrected chi connectivity index (χ0v) is 20.5. The Morgan fingerprint density at radius 1 is 0.750 bits per heavy atom. The second kappa shape index (κ2) is 9.41. The normalized spacial score (nSPS) is 11.0. The molecule has 2 aromatic heterocycles. The smallest absolute Gasteiger partial charge is 0.266 e. The standard InChI is InChI=1S/C29H19ClN4OS/c30-22-16-8-10-18-24(22)34-27(32-23-17-9-7-15-21(23)28(34)35)26-25(19-11-3-1-4-12-19)33-29(36-26)31-20-13-5-2-6-14-20/h1-18H,(H,31,33). The van der Waals surface area contributed by atoms with Crippen LogP contribution in [0.2, 0.25) is 5.02 Å². The molecule has 7 heteroatoms. The van der Waals surface area contributed by atoms with Crippen molar-refractivity contribution in [2.24, 2.45) is 0 Å². The van der Waals surface area contributed by atoms with Crippen molar-refractivity contribution in [3.8, 4) is 27.6 Å². The van der Waals surface area contributed by atoms with E-state index in [1.54, 1.807) is 16.7 Å². The fourth-order valence-corrected chi connectivity index (χ4v) is 5.31. The van der Waals surface area contributed by atoms with E-state index >= 15 is 0 Å². The molecule has 0 saturated heterocycles. The van der Waals surface area contributed by atoms with Crippen LogP contribution in [0.4, 0.5) is 10.8 Å². The lowest BCUT2D eigenvalue weighted by Gasteiger charge is -2.14. The molecule has 174 valence electrons. The first-order chi connectivity index (χ1) is 17.7. The summed E-state index contributed by atoms with van der Waals surface area (Å²) in [7, 11) is 0. The Bertz CT molecular complexity index is 1750. The van der Waals surface area contributed by atoms with Crippen LogP contribution in [0.3, 0.4) is 0 Å². The number of anilines is 2. The fourth-order valence-electron chi connectivity index (χ4n) is 4.10. The summed E-state index contributed by atoms with van der Waals surface area (Å²) in [6.07, 6.45) is 0. The Morgan fingerprint density at radius 2 is 1.42 bits per heavy atom. The second-order valence-corrected chi connectivity index (χ2v) is 9.50. The van der Waals surface area contributed by atoms with Crippen molar-refractivity contribution >= 4 is 44.7 Å². The second-order valence-electron chi connectivity index (χ2n) is 8.10. The van der Waals surface area contributed by atoms with Crippen molar-refractivity contribution in [3.05, 3.63) is 125 Å². The van der Waals surface area contributed by atoms with Crippen molar-refractivity contribution in [1.29, 1.82) is 0 Å². The molecule has 1 N–H and O–H groups in total. The van der Waals surface area contributed by atoms with Crippen molar-refractivity contribution in [2.75, 3.05) is 5.32 Å². The van der Waals surface area contributed by atoms with Gasteiger partial charge in [-0.3, -0.25) is 9.36 Å². The minimum Gasteiger partial charge on any atom is -0.332 e. The maximum Gasteiger partial charge on any atom is 0.266 e. The molecule has 0 aliphatic heterocycles. The minimum atomic E-state index is -0.186. The first-order valence-electron chi connectivity index (χ1n) is 11.3. The third-order valence-corrected chi connectivity index (χ3v) is 7.06. The number of hydrogen-bond acceptors (Lipinski definition) is 5. The first kappa shape index (κ1) is 22.2. The third kappa shape index (κ3) is 4.06. The predicted molar refractivity (Wildman–Crippen MR) is 149 cm³/mol. The van der Waals surface area contributed by atoms with Crippen LogP contribution in [-0.4, -0.2) is 14.5 Å². The average Bonchev–Trinajstić information content (AvgIpc) is 3.34. The number of fused-ring (bicyclic) bond motifs is 1. The van der Waals surface area contributed by atoms with Crippen LogP contribution >= 0.6 is 22.9 Å². The molecule has 0 atom stereocenters. The van der Waals surface area contributed by atoms with Gasteiger partial charge in [-0.2, -0.15) is 0 Å². The van der Waals surface area contributed by atoms with Crippen LogP contribution < -0.4 is 10.9 Å². The Balaban J connectivity index is 1.65. The van der Waals surface area contributed by atoms with Crippen LogP contribution in [-0.2, 0) is 0 Å². The summed E-state index contributed by atoms with van der Waals surface area (Å²) in [5.74, 6) is 0.490. The Hall–Kier alpha value is -4.26. The molecule has 0 spiro atoms. The van der Waals surface area contributed by atoms with Crippen molar-refractivity contribution in [2.45, 2.75) is 0 Å². The summed E-state index contributed by atoms with van der Waals surface area (Å²) in [6.45, 7) is 0. The van der Waals surface area contributed by atoms with E-state index in [-0.39, 0.29) is 5.56 Å². The molecule has 0 radical (unpaired) electrons. The predicted octanol–water partition coefficient (Wildman–Crippen LogP) is 7.57. The highest BCUT2D eigenvalue weighted by Gasteiger charge is 2.23. The quantitative estimate of drug-likeness (QED) is 0.262. The molecule has 0 saturated carbocycles. The molecule has 2 heterocycles. The fraction of sp³-hybridized carbons (Fsp3) is 0. The summed E-state index contributed by atoms with van der Waals surface area (Å²) in [4.78, 5) is 24.5. The van der Waals surface area contributed by atoms with Gasteiger partial charge in [0, 0.05) is 11.3 Å². The number of rotatable bonds is 5. The van der Waals surface area contributed by atoms with Gasteiger partial charge in [-0.25, -0.2) is 9.97 Å². The van der Waals surface area contributed by atoms with E-state index in [1.165, 1.54) is 11.3 Å². The molecule has 0 aliphatic rings. The number of thiazole rings is 1. The van der Waals surface area contributed by atoms with Crippen molar-refractivity contribution < 1.29 is 0 Å². The lowest BCUT2D eigenvalue weighted by atomic mass is 10.1. The van der Waals surface area contributed by atoms with Gasteiger partial charge in [-0.1, -0.05) is 95.7 Å². The van der Waals surface area contributed by atoms with Gasteiger partial charge in [-0.05, 0) is 36.4 Å². The summed E-state index contributed by atoms with van der Waals surface area (Å²) < 4.78 is 1.59. The van der Waals surface area contributed by atoms with Gasteiger partial charge in [0.15, 0.2) is 11.0 Å². The van der Waals surface area contributed by atoms with E-state index in [0.29, 0.717) is 32.6 Å². The van der Waals surface area contributed by atoms with Gasteiger partial charge >= 0.3 is 0 Å². The van der Waals surface area contributed by atoms with E-state index in [9.17, 15) is 4.79 Å². The molecule has 0 amide bonds. The number of nitrogens with zero attached hydrogens (tertiary/aromatic N) is 3. The Morgan fingerprint density at radius 3 is 2.19 bits per heavy atom. The van der Waals surface area contributed by atoms with E-state index in [0.717, 1.165) is 21.8 Å². The van der Waals surface area contributed by atoms with E-state index < -0.39 is 0 Å². The number of aromatic nitrogens is 3. The molecule has 36 heavy (non-hydrogen) atoms. The SMILES string of the molecule is O=c1c2ccccc2nc(-c2sc(Nc3ccccc3)nc2-c2ccccc2)n1-c1ccccc1Cl. The zero-order valence-electron chi connectivity index (χ0n) is 18.9. The van der Waals surface area contributed by atoms with Crippen LogP contribution in [0.1, 0.15) is 0 Å². The summed E-state index contributed by atoms with van der Waals surface area (Å²) in [5.41, 5.74) is 3.59. The van der Waals surface area contributed by atoms with E-state index in [2.05, 4.69) is 5.32 Å². The Kier molecular flexibility index (Phi) is 5.81. The molecule has 0 fully saturated rings. The average molecular weight is 507 g/mol. The molecule has 0 aliphatic carbocycles. The lowest BCUT2D eigenvalue weighted by molar-refractivity contribution is 0.980. The summed E-state index contributed by atoms with van der Waals surface area (Å²) >= 11 is 8.05. The highest BCUT2D eigenvalue weighted by atomic mass is 35.5. The van der Waals surface area contributed by atoms with Gasteiger partial charge < -0.3 is 5.32 Å². The molecule has 6 aromatic rings. The molecule has 6 rings (SSSR count). The number of nitrogens with one attached hydrogen (secondary N) is 1. The van der Waals surface area contributed by atoms with Crippen LogP contribution in [0.5, 0.6) is 0 Å². The Labute approximate surface area is 216 Å². The first-order valence-corrected chi connectivity index (χ1v) is 12.5. The molecule has 0 unspecified atom stereocenters. The summed E-state index contributed by atoms with van der Waals surface area (Å²) in [5, 5.41) is 5.08. The number of benzene rings is 4. The highest BCUT2D eigenvalue weighted by molar-refractivity contribution is 7.19. The van der Waals surface area contributed by atoms with Crippen LogP contribution in [0, 0.1) is 0 Å². The maximum absolute atomic E-state index is 13.9. The number of para-hydroxylation sites is 3. The van der Waals surface area contributed by atoms with Crippen LogP contribution in [0.15, 0.2) is 114 Å². The zero-order chi connectivity index (χ0) is 24.5. The van der Waals surface area contributed by atoms with Crippen LogP contribution in [0.25, 0.3) is 38.5 Å². The van der Waals surface area contributed by atoms with Crippen molar-refractivity contribution in [3.63, 3.8) is 0 Å². The number of hydrogen-bond donors (Lipinski definition) is 1. The topological polar surface area (TPSA) is 59.8 Å². The lowest BCUT2D eigenvalue weighted by Crippen LogP contribution is -2.22. The van der Waals surface area contributed by atoms with Gasteiger partial charge in [0.25, 0.3) is 5.56 Å². The van der Waals surface area contributed by atoms with Gasteiger partial charge in [-0.15, -0.1) is 0 Å².